The molecule has 0 unspecified atom stereocenters. The summed E-state index contributed by atoms with van der Waals surface area (Å²) in [5.41, 5.74) is 2.04. The highest BCUT2D eigenvalue weighted by atomic mass is 35.5. The largest absolute Gasteiger partial charge is 0.481 e. The third-order valence-electron chi connectivity index (χ3n) is 3.14. The molecule has 2 nitrogen and oxygen atoms in total. The fourth-order valence-electron chi connectivity index (χ4n) is 2.00. The number of carbonyl (C=O) groups is 1. The fraction of sp³-hybridized carbons (Fsp3) is 0.235. The summed E-state index contributed by atoms with van der Waals surface area (Å²) in [7, 11) is 0. The van der Waals surface area contributed by atoms with Gasteiger partial charge in [0, 0.05) is 14.8 Å². The predicted molar refractivity (Wildman–Crippen MR) is 87.4 cm³/mol. The van der Waals surface area contributed by atoms with Crippen LogP contribution in [0.1, 0.15) is 30.9 Å². The Kier molecular flexibility index (Phi) is 5.32. The molecule has 0 fully saturated rings. The van der Waals surface area contributed by atoms with Crippen LogP contribution in [0.5, 0.6) is 0 Å². The Bertz CT molecular complexity index is 636. The van der Waals surface area contributed by atoms with E-state index in [1.807, 2.05) is 6.07 Å². The van der Waals surface area contributed by atoms with Crippen molar-refractivity contribution in [1.82, 2.24) is 0 Å². The Hall–Kier alpha value is -1.45. The number of hydrogen-bond donors (Lipinski definition) is 1. The Balaban J connectivity index is 2.24. The van der Waals surface area contributed by atoms with Crippen LogP contribution < -0.4 is 0 Å². The number of carboxylic acid groups (broad SMARTS) is 1. The van der Waals surface area contributed by atoms with Gasteiger partial charge in [0.1, 0.15) is 0 Å². The molecule has 1 N–H and O–H groups in total. The van der Waals surface area contributed by atoms with E-state index in [1.54, 1.807) is 23.9 Å². The molecule has 0 saturated carbocycles. The maximum absolute atomic E-state index is 11.0. The van der Waals surface area contributed by atoms with Gasteiger partial charge in [-0.1, -0.05) is 49.3 Å². The summed E-state index contributed by atoms with van der Waals surface area (Å²) < 4.78 is 0. The number of rotatable bonds is 5. The van der Waals surface area contributed by atoms with E-state index in [1.165, 1.54) is 5.56 Å². The molecule has 110 valence electrons. The number of halogens is 1. The first-order chi connectivity index (χ1) is 9.95. The van der Waals surface area contributed by atoms with Gasteiger partial charge in [-0.2, -0.15) is 0 Å². The third-order valence-corrected chi connectivity index (χ3v) is 4.50. The molecule has 2 aromatic carbocycles. The second kappa shape index (κ2) is 7.01. The zero-order valence-electron chi connectivity index (χ0n) is 12.0. The highest BCUT2D eigenvalue weighted by Gasteiger charge is 2.09. The second-order valence-corrected chi connectivity index (χ2v) is 6.70. The molecule has 0 amide bonds. The van der Waals surface area contributed by atoms with Gasteiger partial charge in [0.2, 0.25) is 0 Å². The van der Waals surface area contributed by atoms with Gasteiger partial charge in [0.05, 0.1) is 6.42 Å². The lowest BCUT2D eigenvalue weighted by molar-refractivity contribution is -0.136. The molecule has 0 bridgehead atoms. The molecule has 0 atom stereocenters. The zero-order chi connectivity index (χ0) is 15.4. The molecule has 0 aliphatic carbocycles. The minimum absolute atomic E-state index is 0.0209. The van der Waals surface area contributed by atoms with Crippen LogP contribution in [0.3, 0.4) is 0 Å². The average molecular weight is 321 g/mol. The van der Waals surface area contributed by atoms with Gasteiger partial charge >= 0.3 is 5.97 Å². The molecule has 0 aromatic heterocycles. The Morgan fingerprint density at radius 2 is 1.86 bits per heavy atom. The molecule has 4 heteroatoms. The van der Waals surface area contributed by atoms with Gasteiger partial charge in [-0.15, -0.1) is 0 Å². The van der Waals surface area contributed by atoms with E-state index in [2.05, 4.69) is 38.1 Å². The van der Waals surface area contributed by atoms with E-state index < -0.39 is 5.97 Å². The van der Waals surface area contributed by atoms with Crippen molar-refractivity contribution in [2.75, 3.05) is 0 Å². The molecular weight excluding hydrogens is 304 g/mol. The van der Waals surface area contributed by atoms with Crippen molar-refractivity contribution in [3.05, 3.63) is 58.6 Å². The maximum atomic E-state index is 11.0. The van der Waals surface area contributed by atoms with E-state index >= 15 is 0 Å². The van der Waals surface area contributed by atoms with Gasteiger partial charge in [-0.3, -0.25) is 4.79 Å². The quantitative estimate of drug-likeness (QED) is 0.818. The van der Waals surface area contributed by atoms with Crippen LogP contribution in [0.25, 0.3) is 0 Å². The van der Waals surface area contributed by atoms with Gasteiger partial charge in [0.15, 0.2) is 0 Å². The smallest absolute Gasteiger partial charge is 0.307 e. The lowest BCUT2D eigenvalue weighted by Gasteiger charge is -2.10. The average Bonchev–Trinajstić information content (AvgIpc) is 2.42. The summed E-state index contributed by atoms with van der Waals surface area (Å²) in [6.07, 6.45) is -0.0209. The molecule has 0 spiro atoms. The van der Waals surface area contributed by atoms with Crippen LogP contribution in [0.15, 0.2) is 52.3 Å². The molecule has 21 heavy (non-hydrogen) atoms. The molecule has 0 heterocycles. The van der Waals surface area contributed by atoms with Crippen molar-refractivity contribution in [2.45, 2.75) is 36.0 Å². The molecule has 0 radical (unpaired) electrons. The first-order valence-corrected chi connectivity index (χ1v) is 7.93. The molecule has 2 rings (SSSR count). The minimum atomic E-state index is -0.853. The van der Waals surface area contributed by atoms with Crippen molar-refractivity contribution < 1.29 is 9.90 Å². The van der Waals surface area contributed by atoms with Crippen LogP contribution in [0.2, 0.25) is 5.02 Å². The van der Waals surface area contributed by atoms with E-state index in [4.69, 9.17) is 16.7 Å². The fourth-order valence-corrected chi connectivity index (χ4v) is 3.12. The van der Waals surface area contributed by atoms with Gasteiger partial charge in [-0.25, -0.2) is 0 Å². The highest BCUT2D eigenvalue weighted by molar-refractivity contribution is 7.99. The topological polar surface area (TPSA) is 37.3 Å². The first kappa shape index (κ1) is 15.9. The van der Waals surface area contributed by atoms with Crippen LogP contribution in [0.4, 0.5) is 0 Å². The third kappa shape index (κ3) is 4.51. The van der Waals surface area contributed by atoms with Crippen molar-refractivity contribution in [3.8, 4) is 0 Å². The van der Waals surface area contributed by atoms with Crippen molar-refractivity contribution in [1.29, 1.82) is 0 Å². The maximum Gasteiger partial charge on any atom is 0.307 e. The van der Waals surface area contributed by atoms with E-state index in [0.717, 1.165) is 15.4 Å². The zero-order valence-corrected chi connectivity index (χ0v) is 13.5. The summed E-state index contributed by atoms with van der Waals surface area (Å²) >= 11 is 7.52. The predicted octanol–water partition coefficient (Wildman–Crippen LogP) is 5.24. The highest BCUT2D eigenvalue weighted by Crippen LogP contribution is 2.33. The summed E-state index contributed by atoms with van der Waals surface area (Å²) in [5, 5.41) is 9.55. The molecule has 0 saturated heterocycles. The van der Waals surface area contributed by atoms with Crippen molar-refractivity contribution >= 4 is 29.3 Å². The summed E-state index contributed by atoms with van der Waals surface area (Å²) in [4.78, 5) is 13.0. The first-order valence-electron chi connectivity index (χ1n) is 6.73. The number of benzene rings is 2. The summed E-state index contributed by atoms with van der Waals surface area (Å²) in [5.74, 6) is -0.351. The van der Waals surface area contributed by atoms with Gasteiger partial charge < -0.3 is 5.11 Å². The standard InChI is InChI=1S/C17H17ClO2S/c1-11(2)12-3-6-15(7-4-12)21-16-8-5-14(18)9-13(16)10-17(19)20/h3-9,11H,10H2,1-2H3,(H,19,20). The lowest BCUT2D eigenvalue weighted by Crippen LogP contribution is -2.01. The monoisotopic (exact) mass is 320 g/mol. The molecule has 0 aliphatic rings. The SMILES string of the molecule is CC(C)c1ccc(Sc2ccc(Cl)cc2CC(=O)O)cc1. The Morgan fingerprint density at radius 3 is 2.43 bits per heavy atom. The van der Waals surface area contributed by atoms with E-state index in [0.29, 0.717) is 10.9 Å². The second-order valence-electron chi connectivity index (χ2n) is 5.15. The van der Waals surface area contributed by atoms with Crippen LogP contribution in [-0.2, 0) is 11.2 Å². The van der Waals surface area contributed by atoms with Gasteiger partial charge in [0.25, 0.3) is 0 Å². The van der Waals surface area contributed by atoms with Crippen LogP contribution >= 0.6 is 23.4 Å². The van der Waals surface area contributed by atoms with E-state index in [-0.39, 0.29) is 6.42 Å². The molecular formula is C17H17ClO2S. The van der Waals surface area contributed by atoms with Crippen LogP contribution in [0, 0.1) is 0 Å². The minimum Gasteiger partial charge on any atom is -0.481 e. The van der Waals surface area contributed by atoms with Crippen molar-refractivity contribution in [3.63, 3.8) is 0 Å². The van der Waals surface area contributed by atoms with Crippen molar-refractivity contribution in [2.24, 2.45) is 0 Å². The Labute approximate surface area is 134 Å². The van der Waals surface area contributed by atoms with Gasteiger partial charge in [-0.05, 0) is 47.4 Å². The molecule has 0 aliphatic heterocycles. The summed E-state index contributed by atoms with van der Waals surface area (Å²) in [6.45, 7) is 4.32. The lowest BCUT2D eigenvalue weighted by atomic mass is 10.0. The summed E-state index contributed by atoms with van der Waals surface area (Å²) in [6, 6.07) is 13.7. The number of aliphatic carboxylic acids is 1. The normalized spacial score (nSPS) is 10.9. The van der Waals surface area contributed by atoms with Crippen LogP contribution in [-0.4, -0.2) is 11.1 Å². The Morgan fingerprint density at radius 1 is 1.19 bits per heavy atom. The number of carboxylic acids is 1. The number of hydrogen-bond acceptors (Lipinski definition) is 2. The molecule has 2 aromatic rings. The van der Waals surface area contributed by atoms with E-state index in [9.17, 15) is 4.79 Å².